The van der Waals surface area contributed by atoms with Crippen molar-refractivity contribution in [2.45, 2.75) is 25.4 Å². The zero-order chi connectivity index (χ0) is 15.6. The lowest BCUT2D eigenvalue weighted by Crippen LogP contribution is -2.56. The number of nitrogens with one attached hydrogen (secondary N) is 1. The molecule has 0 radical (unpaired) electrons. The van der Waals surface area contributed by atoms with Crippen LogP contribution in [0.4, 0.5) is 14.6 Å². The molecule has 1 fully saturated rings. The molecule has 2 aromatic rings. The van der Waals surface area contributed by atoms with Crippen molar-refractivity contribution in [3.05, 3.63) is 42.1 Å². The van der Waals surface area contributed by atoms with Crippen molar-refractivity contribution in [3.8, 4) is 0 Å². The summed E-state index contributed by atoms with van der Waals surface area (Å²) in [7, 11) is 0. The van der Waals surface area contributed by atoms with Crippen LogP contribution in [0.2, 0.25) is 0 Å². The largest absolute Gasteiger partial charge is 0.343 e. The number of anilines is 1. The maximum atomic E-state index is 12.8. The summed E-state index contributed by atoms with van der Waals surface area (Å²) < 4.78 is 25.6. The minimum atomic E-state index is -2.60. The van der Waals surface area contributed by atoms with Gasteiger partial charge in [-0.3, -0.25) is 0 Å². The molecule has 0 amide bonds. The fraction of sp³-hybridized carbons (Fsp3) is 0.429. The first-order valence-corrected chi connectivity index (χ1v) is 6.99. The molecule has 6 nitrogen and oxygen atoms in total. The molecule has 0 aliphatic carbocycles. The van der Waals surface area contributed by atoms with E-state index in [1.54, 1.807) is 30.6 Å². The number of hydrogen-bond donors (Lipinski definition) is 1. The van der Waals surface area contributed by atoms with E-state index >= 15 is 0 Å². The minimum absolute atomic E-state index is 0.0169. The molecule has 3 rings (SSSR count). The zero-order valence-electron chi connectivity index (χ0n) is 12.1. The second kappa shape index (κ2) is 5.88. The van der Waals surface area contributed by atoms with Crippen molar-refractivity contribution in [2.75, 3.05) is 18.0 Å². The van der Waals surface area contributed by atoms with E-state index in [1.807, 2.05) is 6.92 Å². The second-order valence-corrected chi connectivity index (χ2v) is 5.30. The molecular weight excluding hydrogens is 290 g/mol. The van der Waals surface area contributed by atoms with Crippen LogP contribution in [0.15, 0.2) is 30.6 Å². The van der Waals surface area contributed by atoms with Crippen molar-refractivity contribution >= 4 is 5.82 Å². The summed E-state index contributed by atoms with van der Waals surface area (Å²) in [4.78, 5) is 9.85. The predicted molar refractivity (Wildman–Crippen MR) is 76.5 cm³/mol. The molecule has 8 heteroatoms. The Bertz CT molecular complexity index is 611. The average Bonchev–Trinajstić information content (AvgIpc) is 2.51. The number of alkyl halides is 2. The Morgan fingerprint density at radius 1 is 1.23 bits per heavy atom. The Morgan fingerprint density at radius 3 is 2.55 bits per heavy atom. The van der Waals surface area contributed by atoms with Gasteiger partial charge in [0.05, 0.1) is 24.8 Å². The smallest absolute Gasteiger partial charge is 0.282 e. The Hall–Kier alpha value is -2.22. The minimum Gasteiger partial charge on any atom is -0.343 e. The third-order valence-electron chi connectivity index (χ3n) is 3.44. The van der Waals surface area contributed by atoms with Gasteiger partial charge in [-0.25, -0.2) is 18.7 Å². The van der Waals surface area contributed by atoms with Crippen LogP contribution in [0, 0.1) is 0 Å². The molecule has 2 aromatic heterocycles. The van der Waals surface area contributed by atoms with Crippen molar-refractivity contribution in [1.82, 2.24) is 25.5 Å². The molecule has 1 N–H and O–H groups in total. The predicted octanol–water partition coefficient (Wildman–Crippen LogP) is 1.57. The highest BCUT2D eigenvalue weighted by atomic mass is 19.3. The molecule has 22 heavy (non-hydrogen) atoms. The molecule has 0 bridgehead atoms. The van der Waals surface area contributed by atoms with E-state index in [1.165, 1.54) is 4.90 Å². The molecule has 1 atom stereocenters. The van der Waals surface area contributed by atoms with Gasteiger partial charge in [0.25, 0.3) is 5.92 Å². The van der Waals surface area contributed by atoms with Gasteiger partial charge in [-0.1, -0.05) is 0 Å². The summed E-state index contributed by atoms with van der Waals surface area (Å²) >= 11 is 0. The topological polar surface area (TPSA) is 66.8 Å². The van der Waals surface area contributed by atoms with Crippen molar-refractivity contribution in [3.63, 3.8) is 0 Å². The molecule has 116 valence electrons. The van der Waals surface area contributed by atoms with Crippen molar-refractivity contribution in [2.24, 2.45) is 0 Å². The third kappa shape index (κ3) is 3.33. The first-order chi connectivity index (χ1) is 10.5. The van der Waals surface area contributed by atoms with E-state index in [0.717, 1.165) is 5.69 Å². The number of rotatable bonds is 5. The second-order valence-electron chi connectivity index (χ2n) is 5.30. The van der Waals surface area contributed by atoms with Crippen LogP contribution in [0.5, 0.6) is 0 Å². The van der Waals surface area contributed by atoms with Gasteiger partial charge < -0.3 is 10.2 Å². The number of halogens is 2. The molecule has 0 aromatic carbocycles. The van der Waals surface area contributed by atoms with Gasteiger partial charge in [0.15, 0.2) is 5.82 Å². The van der Waals surface area contributed by atoms with Gasteiger partial charge in [-0.15, -0.1) is 5.10 Å². The van der Waals surface area contributed by atoms with E-state index in [4.69, 9.17) is 0 Å². The monoisotopic (exact) mass is 306 g/mol. The molecule has 1 saturated heterocycles. The lowest BCUT2D eigenvalue weighted by atomic mass is 10.1. The van der Waals surface area contributed by atoms with Gasteiger partial charge in [-0.2, -0.15) is 5.10 Å². The highest BCUT2D eigenvalue weighted by molar-refractivity contribution is 5.42. The van der Waals surface area contributed by atoms with Crippen LogP contribution >= 0.6 is 0 Å². The van der Waals surface area contributed by atoms with E-state index in [0.29, 0.717) is 18.2 Å². The quantitative estimate of drug-likeness (QED) is 0.904. The van der Waals surface area contributed by atoms with Gasteiger partial charge in [-0.05, 0) is 25.1 Å². The molecule has 1 aliphatic heterocycles. The van der Waals surface area contributed by atoms with E-state index < -0.39 is 5.92 Å². The van der Waals surface area contributed by atoms with Crippen molar-refractivity contribution < 1.29 is 8.78 Å². The van der Waals surface area contributed by atoms with Crippen LogP contribution in [0.3, 0.4) is 0 Å². The summed E-state index contributed by atoms with van der Waals surface area (Å²) in [5.74, 6) is -1.42. The Kier molecular flexibility index (Phi) is 3.93. The average molecular weight is 306 g/mol. The maximum absolute atomic E-state index is 12.8. The number of aromatic nitrogens is 4. The maximum Gasteiger partial charge on any atom is 0.282 e. The molecular formula is C14H16F2N6. The first kappa shape index (κ1) is 14.7. The van der Waals surface area contributed by atoms with E-state index in [9.17, 15) is 8.78 Å². The SMILES string of the molecule is C[C@@H](NCc1ccc(N2CC(F)(F)C2)nn1)c1ncccn1. The lowest BCUT2D eigenvalue weighted by molar-refractivity contribution is -0.0267. The van der Waals surface area contributed by atoms with Gasteiger partial charge in [0.1, 0.15) is 5.82 Å². The fourth-order valence-electron chi connectivity index (χ4n) is 2.17. The molecule has 0 unspecified atom stereocenters. The highest BCUT2D eigenvalue weighted by Gasteiger charge is 2.44. The van der Waals surface area contributed by atoms with Crippen LogP contribution in [0.25, 0.3) is 0 Å². The number of hydrogen-bond acceptors (Lipinski definition) is 6. The van der Waals surface area contributed by atoms with Gasteiger partial charge in [0, 0.05) is 18.9 Å². The highest BCUT2D eigenvalue weighted by Crippen LogP contribution is 2.30. The Balaban J connectivity index is 1.53. The summed E-state index contributed by atoms with van der Waals surface area (Å²) in [6, 6.07) is 5.24. The molecule has 3 heterocycles. The summed E-state index contributed by atoms with van der Waals surface area (Å²) in [5, 5.41) is 11.3. The normalized spacial score (nSPS) is 17.9. The summed E-state index contributed by atoms with van der Waals surface area (Å²) in [5.41, 5.74) is 0.735. The lowest BCUT2D eigenvalue weighted by Gasteiger charge is -2.39. The first-order valence-electron chi connectivity index (χ1n) is 6.99. The van der Waals surface area contributed by atoms with Crippen LogP contribution in [-0.4, -0.2) is 39.2 Å². The van der Waals surface area contributed by atoms with Crippen LogP contribution in [-0.2, 0) is 6.54 Å². The van der Waals surface area contributed by atoms with Gasteiger partial charge >= 0.3 is 0 Å². The molecule has 1 aliphatic rings. The standard InChI is InChI=1S/C14H16F2N6/c1-10(13-17-5-2-6-18-13)19-7-11-3-4-12(21-20-11)22-8-14(15,16)9-22/h2-6,10,19H,7-9H2,1H3/t10-/m1/s1. The number of nitrogens with zero attached hydrogens (tertiary/aromatic N) is 5. The van der Waals surface area contributed by atoms with E-state index in [2.05, 4.69) is 25.5 Å². The van der Waals surface area contributed by atoms with Crippen molar-refractivity contribution in [1.29, 1.82) is 0 Å². The van der Waals surface area contributed by atoms with Crippen LogP contribution in [0.1, 0.15) is 24.5 Å². The third-order valence-corrected chi connectivity index (χ3v) is 3.44. The fourth-order valence-corrected chi connectivity index (χ4v) is 2.17. The zero-order valence-corrected chi connectivity index (χ0v) is 12.1. The Morgan fingerprint density at radius 2 is 1.95 bits per heavy atom. The Labute approximate surface area is 126 Å². The molecule has 0 spiro atoms. The van der Waals surface area contributed by atoms with E-state index in [-0.39, 0.29) is 19.1 Å². The van der Waals surface area contributed by atoms with Crippen LogP contribution < -0.4 is 10.2 Å². The molecule has 0 saturated carbocycles. The van der Waals surface area contributed by atoms with Gasteiger partial charge in [0.2, 0.25) is 0 Å². The summed E-state index contributed by atoms with van der Waals surface area (Å²) in [6.07, 6.45) is 3.38. The summed E-state index contributed by atoms with van der Waals surface area (Å²) in [6.45, 7) is 1.88.